The molecule has 1 unspecified atom stereocenters. The summed E-state index contributed by atoms with van der Waals surface area (Å²) < 4.78 is 41.4. The molecular weight excluding hydrogens is 477 g/mol. The Morgan fingerprint density at radius 3 is 2.77 bits per heavy atom. The second-order valence-electron chi connectivity index (χ2n) is 9.70. The number of phosphoric ester groups is 1. The van der Waals surface area contributed by atoms with E-state index in [-0.39, 0.29) is 43.9 Å². The minimum atomic E-state index is -3.99. The second kappa shape index (κ2) is 10.5. The van der Waals surface area contributed by atoms with E-state index < -0.39 is 43.5 Å². The number of fused-ring (bicyclic) bond motifs is 1. The number of amides is 1. The zero-order chi connectivity index (χ0) is 25.2. The summed E-state index contributed by atoms with van der Waals surface area (Å²) in [4.78, 5) is 37.6. The molecule has 3 aliphatic heterocycles. The lowest BCUT2D eigenvalue weighted by atomic mass is 9.82. The molecule has 11 heteroatoms. The summed E-state index contributed by atoms with van der Waals surface area (Å²) in [5, 5.41) is 0. The molecule has 3 heterocycles. The van der Waals surface area contributed by atoms with E-state index in [9.17, 15) is 18.9 Å². The quantitative estimate of drug-likeness (QED) is 0.221. The van der Waals surface area contributed by atoms with Crippen LogP contribution in [0.4, 0.5) is 0 Å². The van der Waals surface area contributed by atoms with Crippen molar-refractivity contribution in [2.45, 2.75) is 83.3 Å². The van der Waals surface area contributed by atoms with Crippen molar-refractivity contribution in [3.05, 3.63) is 12.3 Å². The molecule has 1 aliphatic carbocycles. The maximum absolute atomic E-state index is 13.2. The first-order valence-corrected chi connectivity index (χ1v) is 13.5. The third-order valence-corrected chi connectivity index (χ3v) is 8.47. The van der Waals surface area contributed by atoms with Crippen LogP contribution in [-0.4, -0.2) is 60.3 Å². The highest BCUT2D eigenvalue weighted by atomic mass is 31.2. The van der Waals surface area contributed by atoms with Crippen molar-refractivity contribution < 1.29 is 42.0 Å². The lowest BCUT2D eigenvalue weighted by molar-refractivity contribution is -0.155. The van der Waals surface area contributed by atoms with Crippen LogP contribution in [-0.2, 0) is 42.0 Å². The van der Waals surface area contributed by atoms with E-state index in [1.54, 1.807) is 13.8 Å². The van der Waals surface area contributed by atoms with Gasteiger partial charge in [-0.15, -0.1) is 6.42 Å². The highest BCUT2D eigenvalue weighted by Crippen LogP contribution is 2.59. The number of ether oxygens (including phenoxy) is 2. The van der Waals surface area contributed by atoms with Crippen LogP contribution < -0.4 is 0 Å². The summed E-state index contributed by atoms with van der Waals surface area (Å²) >= 11 is 0. The molecule has 0 bridgehead atoms. The van der Waals surface area contributed by atoms with Gasteiger partial charge in [0, 0.05) is 6.20 Å². The van der Waals surface area contributed by atoms with Crippen molar-refractivity contribution in [2.24, 2.45) is 11.3 Å². The van der Waals surface area contributed by atoms with Gasteiger partial charge in [0.05, 0.1) is 25.6 Å². The Hall–Kier alpha value is -2.02. The number of rotatable bonds is 7. The number of hydrogen-bond acceptors (Lipinski definition) is 9. The molecule has 0 aromatic rings. The monoisotopic (exact) mass is 509 g/mol. The van der Waals surface area contributed by atoms with Crippen molar-refractivity contribution in [1.29, 1.82) is 0 Å². The number of terminal acetylenes is 1. The fraction of sp³-hybridized carbons (Fsp3) is 0.708. The standard InChI is InChI=1S/C24H32NO9P/c1-4-24(3)21-19(33-23(24)25-12-10-17(26)14-20(25)27)15-31-35(29,34-21)30-13-11-16(2)22(28)32-18-8-6-5-7-9-18/h1,10,12,16,18-19,21,23H,5-9,11,13-15H2,2-3H3/t16?,19-,21-,23-,24-,35-/m1/s1. The van der Waals surface area contributed by atoms with Gasteiger partial charge in [0.15, 0.2) is 12.0 Å². The fourth-order valence-corrected chi connectivity index (χ4v) is 6.28. The van der Waals surface area contributed by atoms with Crippen molar-refractivity contribution in [3.63, 3.8) is 0 Å². The first-order valence-electron chi connectivity index (χ1n) is 12.1. The second-order valence-corrected chi connectivity index (χ2v) is 11.3. The van der Waals surface area contributed by atoms with Gasteiger partial charge in [-0.3, -0.25) is 32.9 Å². The van der Waals surface area contributed by atoms with Gasteiger partial charge in [-0.1, -0.05) is 19.3 Å². The van der Waals surface area contributed by atoms with Gasteiger partial charge in [-0.2, -0.15) is 0 Å². The minimum absolute atomic E-state index is 0.0311. The van der Waals surface area contributed by atoms with Crippen LogP contribution in [0.5, 0.6) is 0 Å². The van der Waals surface area contributed by atoms with Gasteiger partial charge in [0.25, 0.3) is 0 Å². The molecule has 1 saturated carbocycles. The lowest BCUT2D eigenvalue weighted by Gasteiger charge is -2.37. The third-order valence-electron chi connectivity index (χ3n) is 7.02. The number of allylic oxidation sites excluding steroid dienone is 1. The molecule has 192 valence electrons. The molecule has 0 aromatic heterocycles. The van der Waals surface area contributed by atoms with Crippen molar-refractivity contribution in [1.82, 2.24) is 4.90 Å². The van der Waals surface area contributed by atoms with Gasteiger partial charge in [0.1, 0.15) is 23.7 Å². The largest absolute Gasteiger partial charge is 0.475 e. The molecule has 4 aliphatic rings. The first kappa shape index (κ1) is 26.1. The average Bonchev–Trinajstić information content (AvgIpc) is 3.11. The first-order chi connectivity index (χ1) is 16.6. The zero-order valence-corrected chi connectivity index (χ0v) is 20.9. The van der Waals surface area contributed by atoms with Gasteiger partial charge < -0.3 is 9.47 Å². The number of carbonyl (C=O) groups is 3. The van der Waals surface area contributed by atoms with Crippen molar-refractivity contribution in [3.8, 4) is 12.3 Å². The lowest BCUT2D eigenvalue weighted by Crippen LogP contribution is -2.49. The molecule has 3 fully saturated rings. The summed E-state index contributed by atoms with van der Waals surface area (Å²) in [6, 6.07) is 0. The summed E-state index contributed by atoms with van der Waals surface area (Å²) in [5.41, 5.74) is -1.18. The summed E-state index contributed by atoms with van der Waals surface area (Å²) in [6.07, 6.45) is 11.0. The Morgan fingerprint density at radius 2 is 2.09 bits per heavy atom. The number of ketones is 1. The molecule has 6 atom stereocenters. The Balaban J connectivity index is 1.34. The Bertz CT molecular complexity index is 969. The van der Waals surface area contributed by atoms with Gasteiger partial charge in [-0.05, 0) is 45.1 Å². The molecule has 4 rings (SSSR count). The van der Waals surface area contributed by atoms with E-state index in [2.05, 4.69) is 5.92 Å². The van der Waals surface area contributed by atoms with Crippen LogP contribution in [0.3, 0.4) is 0 Å². The molecule has 0 N–H and O–H groups in total. The van der Waals surface area contributed by atoms with Gasteiger partial charge in [0.2, 0.25) is 5.91 Å². The maximum atomic E-state index is 13.2. The van der Waals surface area contributed by atoms with E-state index in [1.807, 2.05) is 0 Å². The Kier molecular flexibility index (Phi) is 7.84. The predicted molar refractivity (Wildman–Crippen MR) is 122 cm³/mol. The van der Waals surface area contributed by atoms with E-state index in [0.717, 1.165) is 25.7 Å². The van der Waals surface area contributed by atoms with Crippen LogP contribution in [0.1, 0.15) is 58.8 Å². The number of carbonyl (C=O) groups excluding carboxylic acids is 3. The minimum Gasteiger partial charge on any atom is -0.462 e. The van der Waals surface area contributed by atoms with Gasteiger partial charge in [-0.25, -0.2) is 4.57 Å². The summed E-state index contributed by atoms with van der Waals surface area (Å²) in [6.45, 7) is 3.25. The van der Waals surface area contributed by atoms with Crippen molar-refractivity contribution >= 4 is 25.5 Å². The number of phosphoric acid groups is 1. The van der Waals surface area contributed by atoms with E-state index in [1.165, 1.54) is 23.6 Å². The van der Waals surface area contributed by atoms with Crippen LogP contribution in [0.2, 0.25) is 0 Å². The molecular formula is C24H32NO9P. The van der Waals surface area contributed by atoms with E-state index in [4.69, 9.17) is 29.5 Å². The summed E-state index contributed by atoms with van der Waals surface area (Å²) in [7, 11) is -3.99. The average molecular weight is 509 g/mol. The predicted octanol–water partition coefficient (Wildman–Crippen LogP) is 3.11. The highest BCUT2D eigenvalue weighted by molar-refractivity contribution is 7.48. The SMILES string of the molecule is C#C[C@]1(C)[C@@H]2O[P@](=O)(OCCC(C)C(=O)OC3CCCCC3)OC[C@H]2O[C@H]1N1C=CC(=O)CC1=O. The maximum Gasteiger partial charge on any atom is 0.475 e. The molecule has 0 spiro atoms. The van der Waals surface area contributed by atoms with Gasteiger partial charge >= 0.3 is 13.8 Å². The molecule has 10 nitrogen and oxygen atoms in total. The molecule has 2 saturated heterocycles. The normalized spacial score (nSPS) is 36.5. The molecule has 1 amide bonds. The van der Waals surface area contributed by atoms with Crippen LogP contribution in [0.15, 0.2) is 12.3 Å². The Labute approximate surface area is 205 Å². The third kappa shape index (κ3) is 5.55. The van der Waals surface area contributed by atoms with E-state index >= 15 is 0 Å². The highest BCUT2D eigenvalue weighted by Gasteiger charge is 2.61. The topological polar surface area (TPSA) is 118 Å². The Morgan fingerprint density at radius 1 is 1.34 bits per heavy atom. The zero-order valence-electron chi connectivity index (χ0n) is 20.1. The van der Waals surface area contributed by atoms with Crippen LogP contribution >= 0.6 is 7.82 Å². The number of esters is 1. The number of nitrogens with zero attached hydrogens (tertiary/aromatic N) is 1. The fourth-order valence-electron chi connectivity index (χ4n) is 4.80. The van der Waals surface area contributed by atoms with E-state index in [0.29, 0.717) is 0 Å². The van der Waals surface area contributed by atoms with Crippen LogP contribution in [0.25, 0.3) is 0 Å². The number of hydrogen-bond donors (Lipinski definition) is 0. The molecule has 0 radical (unpaired) electrons. The van der Waals surface area contributed by atoms with Crippen molar-refractivity contribution in [2.75, 3.05) is 13.2 Å². The smallest absolute Gasteiger partial charge is 0.462 e. The molecule has 0 aromatic carbocycles. The summed E-state index contributed by atoms with van der Waals surface area (Å²) in [5.74, 6) is 1.14. The van der Waals surface area contributed by atoms with Crippen LogP contribution in [0, 0.1) is 23.7 Å². The molecule has 35 heavy (non-hydrogen) atoms.